The Balaban J connectivity index is 2.43. The molecular weight excluding hydrogens is 271 g/mol. The van der Waals surface area contributed by atoms with Crippen LogP contribution in [0.25, 0.3) is 16.7 Å². The number of hydrogen-bond acceptors (Lipinski definition) is 3. The Hall–Kier alpha value is -2.21. The topological polar surface area (TPSA) is 52.7 Å². The first-order valence-corrected chi connectivity index (χ1v) is 5.82. The van der Waals surface area contributed by atoms with Crippen molar-refractivity contribution < 1.29 is 4.39 Å². The number of nitrogens with zero attached hydrogens (tertiary/aromatic N) is 4. The Labute approximate surface area is 111 Å². The number of benzene rings is 1. The first-order chi connectivity index (χ1) is 9.09. The molecular formula is C12H8ClFN4O. The van der Waals surface area contributed by atoms with Gasteiger partial charge in [0.25, 0.3) is 5.56 Å². The van der Waals surface area contributed by atoms with E-state index in [0.717, 1.165) is 10.9 Å². The van der Waals surface area contributed by atoms with Gasteiger partial charge >= 0.3 is 0 Å². The lowest BCUT2D eigenvalue weighted by Crippen LogP contribution is -2.22. The third kappa shape index (κ3) is 1.72. The molecule has 0 aliphatic carbocycles. The Kier molecular flexibility index (Phi) is 2.60. The minimum absolute atomic E-state index is 0.117. The summed E-state index contributed by atoms with van der Waals surface area (Å²) in [5.41, 5.74) is 0.327. The lowest BCUT2D eigenvalue weighted by atomic mass is 10.2. The second-order valence-electron chi connectivity index (χ2n) is 3.97. The van der Waals surface area contributed by atoms with Crippen molar-refractivity contribution in [3.05, 3.63) is 51.9 Å². The van der Waals surface area contributed by atoms with Crippen LogP contribution in [0.3, 0.4) is 0 Å². The summed E-state index contributed by atoms with van der Waals surface area (Å²) in [6.07, 6.45) is 0.939. The molecule has 1 aromatic carbocycles. The lowest BCUT2D eigenvalue weighted by Gasteiger charge is -2.07. The normalized spacial score (nSPS) is 11.1. The minimum atomic E-state index is -0.711. The molecule has 3 aromatic rings. The van der Waals surface area contributed by atoms with E-state index in [2.05, 4.69) is 9.97 Å². The maximum Gasteiger partial charge on any atom is 0.280 e. The van der Waals surface area contributed by atoms with Gasteiger partial charge in [0.1, 0.15) is 0 Å². The van der Waals surface area contributed by atoms with Crippen LogP contribution in [0, 0.1) is 5.82 Å². The van der Waals surface area contributed by atoms with Crippen LogP contribution in [0.2, 0.25) is 5.28 Å². The first kappa shape index (κ1) is 11.9. The van der Waals surface area contributed by atoms with Crippen LogP contribution in [0.5, 0.6) is 0 Å². The summed E-state index contributed by atoms with van der Waals surface area (Å²) in [5, 5.41) is 0.368. The first-order valence-electron chi connectivity index (χ1n) is 5.45. The number of halogens is 2. The predicted molar refractivity (Wildman–Crippen MR) is 69.1 cm³/mol. The third-order valence-electron chi connectivity index (χ3n) is 2.87. The van der Waals surface area contributed by atoms with Gasteiger partial charge in [-0.05, 0) is 23.7 Å². The molecule has 0 aliphatic heterocycles. The van der Waals surface area contributed by atoms with Crippen LogP contribution in [0.15, 0.2) is 35.3 Å². The number of hydrogen-bond donors (Lipinski definition) is 0. The Bertz CT molecular complexity index is 839. The van der Waals surface area contributed by atoms with E-state index in [4.69, 9.17) is 11.6 Å². The van der Waals surface area contributed by atoms with Crippen LogP contribution in [-0.2, 0) is 7.05 Å². The Morgan fingerprint density at radius 3 is 2.79 bits per heavy atom. The molecule has 0 atom stereocenters. The van der Waals surface area contributed by atoms with Crippen molar-refractivity contribution in [1.82, 2.24) is 19.3 Å². The molecule has 0 saturated heterocycles. The highest BCUT2D eigenvalue weighted by Gasteiger charge is 2.16. The highest BCUT2D eigenvalue weighted by molar-refractivity contribution is 6.28. The molecule has 7 heteroatoms. The monoisotopic (exact) mass is 278 g/mol. The molecule has 0 aliphatic rings. The summed E-state index contributed by atoms with van der Waals surface area (Å²) in [7, 11) is 1.65. The summed E-state index contributed by atoms with van der Waals surface area (Å²) in [4.78, 5) is 19.6. The van der Waals surface area contributed by atoms with Crippen LogP contribution >= 0.6 is 11.6 Å². The van der Waals surface area contributed by atoms with Gasteiger partial charge in [-0.2, -0.15) is 9.67 Å². The van der Waals surface area contributed by atoms with Gasteiger partial charge in [-0.3, -0.25) is 9.48 Å². The molecule has 0 bridgehead atoms. The van der Waals surface area contributed by atoms with Crippen LogP contribution in [0.4, 0.5) is 4.39 Å². The zero-order valence-electron chi connectivity index (χ0n) is 9.84. The maximum atomic E-state index is 13.8. The average molecular weight is 279 g/mol. The molecule has 3 rings (SSSR count). The van der Waals surface area contributed by atoms with Crippen molar-refractivity contribution in [2.24, 2.45) is 7.05 Å². The molecule has 19 heavy (non-hydrogen) atoms. The average Bonchev–Trinajstić information content (AvgIpc) is 2.66. The Morgan fingerprint density at radius 2 is 2.05 bits per heavy atom. The molecule has 0 saturated carbocycles. The highest BCUT2D eigenvalue weighted by Crippen LogP contribution is 2.15. The fourth-order valence-electron chi connectivity index (χ4n) is 2.02. The van der Waals surface area contributed by atoms with E-state index in [1.54, 1.807) is 31.3 Å². The standard InChI is InChI=1S/C12H8ClFN4O/c1-17-9-5-3-2-4-7(9)11(19)18(17)10-8(14)6-15-12(13)16-10/h2-6H,1H3. The van der Waals surface area contributed by atoms with Gasteiger partial charge in [0.05, 0.1) is 17.1 Å². The SMILES string of the molecule is Cn1c2ccccc2c(=O)n1-c1nc(Cl)ncc1F. The number of rotatable bonds is 1. The van der Waals surface area contributed by atoms with Crippen LogP contribution < -0.4 is 5.56 Å². The summed E-state index contributed by atoms with van der Waals surface area (Å²) in [6, 6.07) is 7.00. The van der Waals surface area contributed by atoms with Crippen LogP contribution in [0.1, 0.15) is 0 Å². The zero-order chi connectivity index (χ0) is 13.6. The van der Waals surface area contributed by atoms with E-state index in [1.807, 2.05) is 0 Å². The number of para-hydroxylation sites is 1. The smallest absolute Gasteiger partial charge is 0.279 e. The predicted octanol–water partition coefficient (Wildman–Crippen LogP) is 1.91. The van der Waals surface area contributed by atoms with Gasteiger partial charge in [0, 0.05) is 7.05 Å². The molecule has 0 radical (unpaired) electrons. The van der Waals surface area contributed by atoms with Crippen molar-refractivity contribution in [3.8, 4) is 5.82 Å². The summed E-state index contributed by atoms with van der Waals surface area (Å²) in [5.74, 6) is -0.874. The highest BCUT2D eigenvalue weighted by atomic mass is 35.5. The molecule has 2 aromatic heterocycles. The van der Waals surface area contributed by atoms with Crippen molar-refractivity contribution in [1.29, 1.82) is 0 Å². The maximum absolute atomic E-state index is 13.8. The fourth-order valence-corrected chi connectivity index (χ4v) is 2.15. The van der Waals surface area contributed by atoms with E-state index in [-0.39, 0.29) is 16.7 Å². The molecule has 0 spiro atoms. The van der Waals surface area contributed by atoms with E-state index < -0.39 is 5.82 Å². The zero-order valence-corrected chi connectivity index (χ0v) is 10.6. The minimum Gasteiger partial charge on any atom is -0.279 e. The molecule has 96 valence electrons. The van der Waals surface area contributed by atoms with E-state index >= 15 is 0 Å². The summed E-state index contributed by atoms with van der Waals surface area (Å²) >= 11 is 5.66. The van der Waals surface area contributed by atoms with E-state index in [1.165, 1.54) is 4.68 Å². The largest absolute Gasteiger partial charge is 0.280 e. The third-order valence-corrected chi connectivity index (χ3v) is 3.05. The molecule has 0 unspecified atom stereocenters. The van der Waals surface area contributed by atoms with E-state index in [0.29, 0.717) is 10.9 Å². The number of fused-ring (bicyclic) bond motifs is 1. The summed E-state index contributed by atoms with van der Waals surface area (Å²) < 4.78 is 16.4. The van der Waals surface area contributed by atoms with Gasteiger partial charge in [0.15, 0.2) is 11.6 Å². The van der Waals surface area contributed by atoms with E-state index in [9.17, 15) is 9.18 Å². The van der Waals surface area contributed by atoms with Crippen molar-refractivity contribution in [3.63, 3.8) is 0 Å². The summed E-state index contributed by atoms with van der Waals surface area (Å²) in [6.45, 7) is 0. The molecule has 2 heterocycles. The molecule has 5 nitrogen and oxygen atoms in total. The van der Waals surface area contributed by atoms with Gasteiger partial charge < -0.3 is 0 Å². The van der Waals surface area contributed by atoms with Gasteiger partial charge in [0.2, 0.25) is 5.28 Å². The molecule has 0 N–H and O–H groups in total. The van der Waals surface area contributed by atoms with Crippen molar-refractivity contribution in [2.75, 3.05) is 0 Å². The van der Waals surface area contributed by atoms with Gasteiger partial charge in [-0.15, -0.1) is 0 Å². The van der Waals surface area contributed by atoms with Crippen molar-refractivity contribution in [2.45, 2.75) is 0 Å². The quantitative estimate of drug-likeness (QED) is 0.639. The van der Waals surface area contributed by atoms with Gasteiger partial charge in [-0.25, -0.2) is 9.37 Å². The molecule has 0 amide bonds. The number of aromatic nitrogens is 4. The lowest BCUT2D eigenvalue weighted by molar-refractivity contribution is 0.563. The fraction of sp³-hybridized carbons (Fsp3) is 0.0833. The van der Waals surface area contributed by atoms with Crippen LogP contribution in [-0.4, -0.2) is 19.3 Å². The number of aryl methyl sites for hydroxylation is 1. The second kappa shape index (κ2) is 4.17. The van der Waals surface area contributed by atoms with Crippen molar-refractivity contribution >= 4 is 22.5 Å². The second-order valence-corrected chi connectivity index (χ2v) is 4.31. The molecule has 0 fully saturated rings. The Morgan fingerprint density at radius 1 is 1.32 bits per heavy atom. The van der Waals surface area contributed by atoms with Gasteiger partial charge in [-0.1, -0.05) is 12.1 Å².